The Hall–Kier alpha value is -4.30. The Morgan fingerprint density at radius 2 is 0.906 bits per heavy atom. The molecule has 7 aromatic rings. The van der Waals surface area contributed by atoms with Crippen molar-refractivity contribution in [2.45, 2.75) is 0 Å². The van der Waals surface area contributed by atoms with Crippen LogP contribution in [0.2, 0.25) is 0 Å². The van der Waals surface area contributed by atoms with E-state index in [0.29, 0.717) is 0 Å². The van der Waals surface area contributed by atoms with E-state index >= 15 is 0 Å². The number of hydrogen-bond acceptors (Lipinski definition) is 0. The number of nitrogens with zero attached hydrogens (tertiary/aromatic N) is 2. The van der Waals surface area contributed by atoms with E-state index in [4.69, 9.17) is 0 Å². The van der Waals surface area contributed by atoms with Gasteiger partial charge >= 0.3 is 0 Å². The predicted molar refractivity (Wildman–Crippen MR) is 134 cm³/mol. The summed E-state index contributed by atoms with van der Waals surface area (Å²) in [6.07, 6.45) is 0. The Bertz CT molecular complexity index is 1550. The van der Waals surface area contributed by atoms with Crippen molar-refractivity contribution in [2.75, 3.05) is 0 Å². The highest BCUT2D eigenvalue weighted by atomic mass is 15.0. The molecule has 0 amide bonds. The van der Waals surface area contributed by atoms with Crippen molar-refractivity contribution in [2.24, 2.45) is 0 Å². The van der Waals surface area contributed by atoms with Gasteiger partial charge in [0.05, 0.1) is 22.1 Å². The van der Waals surface area contributed by atoms with Crippen LogP contribution in [0.1, 0.15) is 0 Å². The first-order valence-electron chi connectivity index (χ1n) is 10.9. The van der Waals surface area contributed by atoms with Crippen molar-refractivity contribution in [3.8, 4) is 11.4 Å². The quantitative estimate of drug-likeness (QED) is 0.278. The van der Waals surface area contributed by atoms with Gasteiger partial charge in [0.15, 0.2) is 0 Å². The average Bonchev–Trinajstić information content (AvgIpc) is 3.37. The van der Waals surface area contributed by atoms with Gasteiger partial charge in [0, 0.05) is 32.9 Å². The average molecular weight is 407 g/mol. The fourth-order valence-corrected chi connectivity index (χ4v) is 5.11. The van der Waals surface area contributed by atoms with Crippen LogP contribution in [-0.4, -0.2) is 9.13 Å². The van der Waals surface area contributed by atoms with Gasteiger partial charge in [-0.25, -0.2) is 0 Å². The summed E-state index contributed by atoms with van der Waals surface area (Å²) >= 11 is 0. The minimum absolute atomic E-state index is 1.15. The molecule has 0 aliphatic rings. The summed E-state index contributed by atoms with van der Waals surface area (Å²) in [5, 5.41) is 5.04. The maximum Gasteiger partial charge on any atom is 0.0541 e. The summed E-state index contributed by atoms with van der Waals surface area (Å²) in [6.45, 7) is 0. The van der Waals surface area contributed by atoms with E-state index in [0.717, 1.165) is 11.4 Å². The van der Waals surface area contributed by atoms with Crippen molar-refractivity contribution < 1.29 is 0 Å². The monoisotopic (exact) mass is 407 g/mol. The molecule has 0 aliphatic carbocycles. The van der Waals surface area contributed by atoms with Crippen LogP contribution >= 0.6 is 0 Å². The zero-order chi connectivity index (χ0) is 21.1. The first-order valence-corrected chi connectivity index (χ1v) is 10.9. The first-order chi connectivity index (χ1) is 15.9. The van der Waals surface area contributed by atoms with E-state index < -0.39 is 0 Å². The van der Waals surface area contributed by atoms with Crippen LogP contribution in [-0.2, 0) is 0 Å². The molecule has 0 unspecified atom stereocenters. The van der Waals surface area contributed by atoms with Crippen LogP contribution in [0.4, 0.5) is 0 Å². The predicted octanol–water partition coefficient (Wildman–Crippen LogP) is 7.68. The lowest BCUT2D eigenvalue weighted by Crippen LogP contribution is -1.98. The molecule has 0 bridgehead atoms. The molecule has 0 fully saturated rings. The zero-order valence-corrected chi connectivity index (χ0v) is 17.4. The number of para-hydroxylation sites is 3. The largest absolute Gasteiger partial charge is 0.309 e. The highest BCUT2D eigenvalue weighted by Crippen LogP contribution is 2.35. The number of fused-ring (bicyclic) bond motifs is 6. The molecule has 0 saturated heterocycles. The van der Waals surface area contributed by atoms with Crippen molar-refractivity contribution in [3.63, 3.8) is 0 Å². The Balaban J connectivity index is 1.55. The fourth-order valence-electron chi connectivity index (χ4n) is 5.11. The molecule has 0 aliphatic heterocycles. The second kappa shape index (κ2) is 6.60. The minimum atomic E-state index is 1.15. The third-order valence-corrected chi connectivity index (χ3v) is 6.44. The van der Waals surface area contributed by atoms with Crippen molar-refractivity contribution >= 4 is 43.6 Å². The number of aromatic nitrogens is 2. The van der Waals surface area contributed by atoms with E-state index in [1.165, 1.54) is 43.6 Å². The van der Waals surface area contributed by atoms with E-state index in [9.17, 15) is 0 Å². The van der Waals surface area contributed by atoms with Crippen LogP contribution in [0.3, 0.4) is 0 Å². The molecule has 32 heavy (non-hydrogen) atoms. The Morgan fingerprint density at radius 3 is 1.47 bits per heavy atom. The summed E-state index contributed by atoms with van der Waals surface area (Å²) in [7, 11) is 0. The molecule has 2 aromatic heterocycles. The summed E-state index contributed by atoms with van der Waals surface area (Å²) in [5.41, 5.74) is 7.17. The Kier molecular flexibility index (Phi) is 3.58. The van der Waals surface area contributed by atoms with Crippen molar-refractivity contribution in [1.82, 2.24) is 9.13 Å². The summed E-state index contributed by atoms with van der Waals surface area (Å²) in [5.74, 6) is 0. The van der Waals surface area contributed by atoms with Gasteiger partial charge in [-0.1, -0.05) is 66.7 Å². The molecule has 2 nitrogen and oxygen atoms in total. The topological polar surface area (TPSA) is 9.86 Å². The van der Waals surface area contributed by atoms with E-state index in [1.54, 1.807) is 0 Å². The fraction of sp³-hybridized carbons (Fsp3) is 0. The summed E-state index contributed by atoms with van der Waals surface area (Å²) < 4.78 is 4.73. The number of hydrogen-bond donors (Lipinski definition) is 0. The van der Waals surface area contributed by atoms with Gasteiger partial charge in [0.1, 0.15) is 0 Å². The molecule has 7 rings (SSSR count). The highest BCUT2D eigenvalue weighted by molar-refractivity contribution is 6.10. The molecule has 2 heteroatoms. The third kappa shape index (κ3) is 2.35. The van der Waals surface area contributed by atoms with Crippen LogP contribution in [0.5, 0.6) is 0 Å². The van der Waals surface area contributed by atoms with Gasteiger partial charge in [0.25, 0.3) is 0 Å². The molecule has 5 aromatic carbocycles. The SMILES string of the molecule is [c]1ccc2c(c1)c1ccccc1n2-c1cccc(-n2c3ccccc3c3ccccc32)c1. The third-order valence-electron chi connectivity index (χ3n) is 6.44. The lowest BCUT2D eigenvalue weighted by molar-refractivity contribution is 1.13. The van der Waals surface area contributed by atoms with Crippen LogP contribution < -0.4 is 0 Å². The molecule has 0 spiro atoms. The molecular formula is C30H19N2. The summed E-state index contributed by atoms with van der Waals surface area (Å²) in [4.78, 5) is 0. The van der Waals surface area contributed by atoms with Crippen molar-refractivity contribution in [1.29, 1.82) is 0 Å². The maximum atomic E-state index is 3.25. The summed E-state index contributed by atoms with van der Waals surface area (Å²) in [6, 6.07) is 44.2. The van der Waals surface area contributed by atoms with Crippen LogP contribution in [0.15, 0.2) is 115 Å². The van der Waals surface area contributed by atoms with Gasteiger partial charge in [-0.3, -0.25) is 0 Å². The first kappa shape index (κ1) is 17.4. The van der Waals surface area contributed by atoms with Gasteiger partial charge in [-0.2, -0.15) is 0 Å². The van der Waals surface area contributed by atoms with Crippen molar-refractivity contribution in [3.05, 3.63) is 121 Å². The van der Waals surface area contributed by atoms with Crippen LogP contribution in [0.25, 0.3) is 55.0 Å². The minimum Gasteiger partial charge on any atom is -0.309 e. The molecule has 0 saturated carbocycles. The van der Waals surface area contributed by atoms with Crippen LogP contribution in [0, 0.1) is 6.07 Å². The van der Waals surface area contributed by atoms with Gasteiger partial charge in [0.2, 0.25) is 0 Å². The Labute approximate surface area is 185 Å². The smallest absolute Gasteiger partial charge is 0.0541 e. The molecule has 0 N–H and O–H groups in total. The lowest BCUT2D eigenvalue weighted by atomic mass is 10.2. The normalized spacial score (nSPS) is 11.8. The van der Waals surface area contributed by atoms with E-state index in [1.807, 2.05) is 6.07 Å². The molecule has 2 heterocycles. The standard InChI is InChI=1S/C30H19N2/c1-5-16-27-23(12-1)24-13-2-6-17-28(24)31(27)21-10-9-11-22(20-21)32-29-18-7-3-14-25(29)26-15-4-8-19-30(26)32/h1-3,5-20H. The van der Waals surface area contributed by atoms with E-state index in [-0.39, 0.29) is 0 Å². The van der Waals surface area contributed by atoms with Gasteiger partial charge < -0.3 is 9.13 Å². The zero-order valence-electron chi connectivity index (χ0n) is 17.4. The number of rotatable bonds is 2. The Morgan fingerprint density at radius 1 is 0.438 bits per heavy atom. The molecular weight excluding hydrogens is 388 g/mol. The molecule has 149 valence electrons. The van der Waals surface area contributed by atoms with Gasteiger partial charge in [-0.05, 0) is 54.6 Å². The maximum absolute atomic E-state index is 3.25. The van der Waals surface area contributed by atoms with E-state index in [2.05, 4.69) is 124 Å². The molecule has 1 radical (unpaired) electrons. The number of benzene rings is 5. The van der Waals surface area contributed by atoms with Gasteiger partial charge in [-0.15, -0.1) is 0 Å². The highest BCUT2D eigenvalue weighted by Gasteiger charge is 2.14. The second-order valence-electron chi connectivity index (χ2n) is 8.19. The lowest BCUT2D eigenvalue weighted by Gasteiger charge is -2.12. The second-order valence-corrected chi connectivity index (χ2v) is 8.19. The molecule has 0 atom stereocenters.